The highest BCUT2D eigenvalue weighted by Gasteiger charge is 2.43. The second-order valence-electron chi connectivity index (χ2n) is 9.65. The number of hydrogen-bond donors (Lipinski definition) is 0. The Morgan fingerprint density at radius 2 is 1.71 bits per heavy atom. The zero-order valence-corrected chi connectivity index (χ0v) is 21.1. The van der Waals surface area contributed by atoms with E-state index in [1.54, 1.807) is 10.5 Å². The lowest BCUT2D eigenvalue weighted by Gasteiger charge is -2.44. The van der Waals surface area contributed by atoms with Crippen LogP contribution >= 0.6 is 0 Å². The number of benzene rings is 2. The quantitative estimate of drug-likeness (QED) is 0.503. The van der Waals surface area contributed by atoms with Crippen LogP contribution in [-0.2, 0) is 15.4 Å². The van der Waals surface area contributed by atoms with Crippen molar-refractivity contribution in [3.05, 3.63) is 77.5 Å². The largest absolute Gasteiger partial charge is 0.396 e. The third-order valence-corrected chi connectivity index (χ3v) is 12.2. The van der Waals surface area contributed by atoms with Crippen LogP contribution in [0.15, 0.2) is 71.3 Å². The molecule has 0 bridgehead atoms. The van der Waals surface area contributed by atoms with Crippen LogP contribution in [0.3, 0.4) is 0 Å². The van der Waals surface area contributed by atoms with Crippen molar-refractivity contribution in [1.82, 2.24) is 4.31 Å². The van der Waals surface area contributed by atoms with E-state index in [2.05, 4.69) is 39.9 Å². The van der Waals surface area contributed by atoms with E-state index in [4.69, 9.17) is 4.43 Å². The highest BCUT2D eigenvalue weighted by Crippen LogP contribution is 2.42. The van der Waals surface area contributed by atoms with Crippen LogP contribution in [0, 0.1) is 18.3 Å². The minimum atomic E-state index is -2.14. The Kier molecular flexibility index (Phi) is 6.90. The van der Waals surface area contributed by atoms with Gasteiger partial charge in [-0.25, -0.2) is 4.21 Å². The maximum Gasteiger partial charge on any atom is 0.194 e. The lowest BCUT2D eigenvalue weighted by molar-refractivity contribution is 0.0823. The highest BCUT2D eigenvalue weighted by molar-refractivity contribution is 7.82. The summed E-state index contributed by atoms with van der Waals surface area (Å²) in [5.41, 5.74) is 2.81. The summed E-state index contributed by atoms with van der Waals surface area (Å²) in [6, 6.07) is 20.1. The van der Waals surface area contributed by atoms with Gasteiger partial charge in [0.2, 0.25) is 0 Å². The van der Waals surface area contributed by atoms with Gasteiger partial charge in [-0.1, -0.05) is 68.8 Å². The van der Waals surface area contributed by atoms with E-state index in [1.807, 2.05) is 61.5 Å². The second-order valence-corrected chi connectivity index (χ2v) is 15.8. The van der Waals surface area contributed by atoms with Crippen molar-refractivity contribution in [2.45, 2.75) is 69.3 Å². The molecule has 3 rings (SSSR count). The molecule has 0 radical (unpaired) electrons. The number of nitriles is 1. The lowest BCUT2D eigenvalue weighted by atomic mass is 9.87. The smallest absolute Gasteiger partial charge is 0.194 e. The Balaban J connectivity index is 2.04. The molecule has 4 nitrogen and oxygen atoms in total. The molecule has 31 heavy (non-hydrogen) atoms. The molecule has 0 spiro atoms. The molecule has 0 N–H and O–H groups in total. The molecule has 164 valence electrons. The Labute approximate surface area is 190 Å². The van der Waals surface area contributed by atoms with Gasteiger partial charge in [-0.2, -0.15) is 5.26 Å². The number of aryl methyl sites for hydroxylation is 1. The van der Waals surface area contributed by atoms with E-state index < -0.39 is 19.3 Å². The van der Waals surface area contributed by atoms with Gasteiger partial charge in [-0.3, -0.25) is 4.31 Å². The van der Waals surface area contributed by atoms with E-state index in [9.17, 15) is 9.47 Å². The van der Waals surface area contributed by atoms with Crippen molar-refractivity contribution in [2.24, 2.45) is 0 Å². The number of hydrogen-bond acceptors (Lipinski definition) is 3. The van der Waals surface area contributed by atoms with Crippen molar-refractivity contribution in [2.75, 3.05) is 0 Å². The summed E-state index contributed by atoms with van der Waals surface area (Å²) < 4.78 is 22.1. The fourth-order valence-corrected chi connectivity index (χ4v) is 5.88. The molecule has 0 saturated heterocycles. The van der Waals surface area contributed by atoms with Gasteiger partial charge in [0.05, 0.1) is 16.5 Å². The van der Waals surface area contributed by atoms with Gasteiger partial charge >= 0.3 is 0 Å². The first-order chi connectivity index (χ1) is 14.5. The monoisotopic (exact) mass is 452 g/mol. The molecule has 0 unspecified atom stereocenters. The average molecular weight is 453 g/mol. The van der Waals surface area contributed by atoms with Gasteiger partial charge < -0.3 is 4.43 Å². The summed E-state index contributed by atoms with van der Waals surface area (Å²) >= 11 is 0. The van der Waals surface area contributed by atoms with Gasteiger partial charge in [-0.15, -0.1) is 0 Å². The molecule has 2 aromatic rings. The maximum absolute atomic E-state index is 13.6. The van der Waals surface area contributed by atoms with Crippen LogP contribution in [0.2, 0.25) is 18.1 Å². The molecule has 1 heterocycles. The third kappa shape index (κ3) is 5.17. The zero-order chi connectivity index (χ0) is 22.8. The van der Waals surface area contributed by atoms with Crippen molar-refractivity contribution in [3.8, 4) is 6.07 Å². The minimum absolute atomic E-state index is 0.0193. The minimum Gasteiger partial charge on any atom is -0.396 e. The first-order valence-electron chi connectivity index (χ1n) is 10.6. The van der Waals surface area contributed by atoms with E-state index in [1.165, 1.54) is 0 Å². The number of rotatable bonds is 5. The van der Waals surface area contributed by atoms with Crippen LogP contribution in [-0.4, -0.2) is 23.1 Å². The van der Waals surface area contributed by atoms with Crippen LogP contribution < -0.4 is 0 Å². The molecule has 0 fully saturated rings. The van der Waals surface area contributed by atoms with E-state index in [0.29, 0.717) is 16.9 Å². The van der Waals surface area contributed by atoms with Crippen molar-refractivity contribution < 1.29 is 8.63 Å². The van der Waals surface area contributed by atoms with Gasteiger partial charge in [-0.05, 0) is 42.8 Å². The fourth-order valence-electron chi connectivity index (χ4n) is 3.40. The van der Waals surface area contributed by atoms with E-state index in [0.717, 1.165) is 11.1 Å². The summed E-state index contributed by atoms with van der Waals surface area (Å²) in [5, 5.41) is 9.92. The molecule has 1 aliphatic rings. The number of nitrogens with zero attached hydrogens (tertiary/aromatic N) is 2. The van der Waals surface area contributed by atoms with Crippen LogP contribution in [0.5, 0.6) is 0 Å². The molecule has 0 aliphatic carbocycles. The van der Waals surface area contributed by atoms with Crippen LogP contribution in [0.1, 0.15) is 44.2 Å². The highest BCUT2D eigenvalue weighted by atomic mass is 32.2. The predicted molar refractivity (Wildman–Crippen MR) is 129 cm³/mol. The lowest BCUT2D eigenvalue weighted by Crippen LogP contribution is -2.50. The Bertz CT molecular complexity index is 1000. The first kappa shape index (κ1) is 23.5. The second kappa shape index (κ2) is 9.11. The van der Waals surface area contributed by atoms with Crippen molar-refractivity contribution in [3.63, 3.8) is 0 Å². The SMILES string of the molecule is Cc1ccc([S@](=O)N2C=C(C#N)[C@H](c3ccccc3)C[C@@H]2O[Si](C)(C)C(C)(C)C)cc1. The summed E-state index contributed by atoms with van der Waals surface area (Å²) in [5.74, 6) is -0.0766. The molecule has 1 aliphatic heterocycles. The average Bonchev–Trinajstić information content (AvgIpc) is 2.73. The van der Waals surface area contributed by atoms with E-state index in [-0.39, 0.29) is 17.2 Å². The van der Waals surface area contributed by atoms with E-state index >= 15 is 0 Å². The normalized spacial score (nSPS) is 20.7. The molecule has 3 atom stereocenters. The van der Waals surface area contributed by atoms with Crippen LogP contribution in [0.4, 0.5) is 0 Å². The molecule has 6 heteroatoms. The Hall–Kier alpha value is -2.20. The molecule has 2 aromatic carbocycles. The predicted octanol–water partition coefficient (Wildman–Crippen LogP) is 6.26. The summed E-state index contributed by atoms with van der Waals surface area (Å²) in [6.07, 6.45) is 1.98. The van der Waals surface area contributed by atoms with Gasteiger partial charge in [0.15, 0.2) is 19.3 Å². The first-order valence-corrected chi connectivity index (χ1v) is 14.7. The van der Waals surface area contributed by atoms with Crippen LogP contribution in [0.25, 0.3) is 0 Å². The van der Waals surface area contributed by atoms with Crippen molar-refractivity contribution >= 4 is 19.3 Å². The summed E-state index contributed by atoms with van der Waals surface area (Å²) in [7, 11) is -3.60. The van der Waals surface area contributed by atoms with Gasteiger partial charge in [0.25, 0.3) is 0 Å². The van der Waals surface area contributed by atoms with Crippen molar-refractivity contribution in [1.29, 1.82) is 5.26 Å². The Morgan fingerprint density at radius 3 is 2.26 bits per heavy atom. The zero-order valence-electron chi connectivity index (χ0n) is 19.3. The number of allylic oxidation sites excluding steroid dienone is 1. The molecular formula is C25H32N2O2SSi. The molecular weight excluding hydrogens is 420 g/mol. The molecule has 0 amide bonds. The van der Waals surface area contributed by atoms with Gasteiger partial charge in [0, 0.05) is 18.5 Å². The molecule has 0 aromatic heterocycles. The van der Waals surface area contributed by atoms with Gasteiger partial charge in [0.1, 0.15) is 6.23 Å². The summed E-state index contributed by atoms with van der Waals surface area (Å²) in [4.78, 5) is 0.709. The topological polar surface area (TPSA) is 53.3 Å². The summed E-state index contributed by atoms with van der Waals surface area (Å²) in [6.45, 7) is 13.0. The standard InChI is InChI=1S/C25H32N2O2SSi/c1-19-12-14-22(15-13-19)30(28)27-18-21(17-26)23(20-10-8-7-9-11-20)16-24(27)29-31(5,6)25(2,3)4/h7-15,18,23-24H,16H2,1-6H3/t23-,24-,30-/m0/s1. The fraction of sp³-hybridized carbons (Fsp3) is 0.400. The molecule has 0 saturated carbocycles. The Morgan fingerprint density at radius 1 is 1.10 bits per heavy atom. The maximum atomic E-state index is 13.6. The third-order valence-electron chi connectivity index (χ3n) is 6.34.